The molecule has 130 valence electrons. The summed E-state index contributed by atoms with van der Waals surface area (Å²) < 4.78 is 6.29. The van der Waals surface area contributed by atoms with Crippen LogP contribution in [0.4, 0.5) is 0 Å². The fraction of sp³-hybridized carbons (Fsp3) is 0.250. The molecule has 3 aromatic carbocycles. The van der Waals surface area contributed by atoms with Crippen LogP contribution < -0.4 is 4.74 Å². The fourth-order valence-corrected chi connectivity index (χ4v) is 4.98. The van der Waals surface area contributed by atoms with E-state index in [2.05, 4.69) is 36.4 Å². The highest BCUT2D eigenvalue weighted by molar-refractivity contribution is 5.62. The first-order chi connectivity index (χ1) is 12.8. The van der Waals surface area contributed by atoms with Crippen LogP contribution in [0.5, 0.6) is 11.5 Å². The Bertz CT molecular complexity index is 957. The number of phenolic OH excluding ortho intramolecular Hbond substituents is 1. The van der Waals surface area contributed by atoms with Crippen LogP contribution in [-0.2, 0) is 24.9 Å². The molecule has 1 spiro atoms. The highest BCUT2D eigenvalue weighted by atomic mass is 16.5. The maximum atomic E-state index is 10.6. The van der Waals surface area contributed by atoms with Gasteiger partial charge in [0.2, 0.25) is 0 Å². The Balaban J connectivity index is 1.58. The molecule has 1 atom stereocenters. The molecule has 0 aliphatic heterocycles. The first-order valence-corrected chi connectivity index (χ1v) is 9.38. The lowest BCUT2D eigenvalue weighted by molar-refractivity contribution is 0.296. The van der Waals surface area contributed by atoms with Gasteiger partial charge in [0.25, 0.3) is 0 Å². The van der Waals surface area contributed by atoms with E-state index in [1.165, 1.54) is 22.3 Å². The number of benzene rings is 3. The topological polar surface area (TPSA) is 29.5 Å². The molecule has 0 amide bonds. The van der Waals surface area contributed by atoms with Gasteiger partial charge in [-0.25, -0.2) is 0 Å². The number of hydrogen-bond donors (Lipinski definition) is 1. The van der Waals surface area contributed by atoms with Gasteiger partial charge in [-0.05, 0) is 54.5 Å². The SMILES string of the molecule is Oc1cccc2c1[C@@]1(CC2)CCc2cccc(OCc3ccccc3)c21. The number of aryl methyl sites for hydroxylation is 2. The van der Waals surface area contributed by atoms with E-state index in [9.17, 15) is 5.11 Å². The molecule has 2 aliphatic carbocycles. The molecule has 0 heterocycles. The number of rotatable bonds is 3. The van der Waals surface area contributed by atoms with Crippen molar-refractivity contribution in [3.05, 3.63) is 94.5 Å². The van der Waals surface area contributed by atoms with Gasteiger partial charge in [-0.1, -0.05) is 54.6 Å². The second-order valence-electron chi connectivity index (χ2n) is 7.46. The van der Waals surface area contributed by atoms with E-state index < -0.39 is 0 Å². The second kappa shape index (κ2) is 5.91. The van der Waals surface area contributed by atoms with Gasteiger partial charge in [-0.3, -0.25) is 0 Å². The third kappa shape index (κ3) is 2.25. The van der Waals surface area contributed by atoms with Gasteiger partial charge in [-0.2, -0.15) is 0 Å². The van der Waals surface area contributed by atoms with Crippen LogP contribution in [0.1, 0.15) is 40.7 Å². The lowest BCUT2D eigenvalue weighted by Gasteiger charge is -2.29. The van der Waals surface area contributed by atoms with Crippen LogP contribution in [0.15, 0.2) is 66.7 Å². The third-order valence-electron chi connectivity index (χ3n) is 6.08. The van der Waals surface area contributed by atoms with Crippen LogP contribution in [0.2, 0.25) is 0 Å². The van der Waals surface area contributed by atoms with Crippen molar-refractivity contribution < 1.29 is 9.84 Å². The smallest absolute Gasteiger partial charge is 0.124 e. The Kier molecular flexibility index (Phi) is 3.53. The Morgan fingerprint density at radius 2 is 1.46 bits per heavy atom. The predicted molar refractivity (Wildman–Crippen MR) is 103 cm³/mol. The molecule has 2 aliphatic rings. The van der Waals surface area contributed by atoms with E-state index in [0.717, 1.165) is 37.0 Å². The molecule has 2 nitrogen and oxygen atoms in total. The summed E-state index contributed by atoms with van der Waals surface area (Å²) in [4.78, 5) is 0. The maximum absolute atomic E-state index is 10.6. The molecule has 0 bridgehead atoms. The molecule has 0 saturated carbocycles. The van der Waals surface area contributed by atoms with Crippen LogP contribution in [0.25, 0.3) is 0 Å². The molecule has 2 heteroatoms. The summed E-state index contributed by atoms with van der Waals surface area (Å²) in [6.07, 6.45) is 4.18. The summed E-state index contributed by atoms with van der Waals surface area (Å²) in [6, 6.07) is 22.7. The summed E-state index contributed by atoms with van der Waals surface area (Å²) in [7, 11) is 0. The highest BCUT2D eigenvalue weighted by Crippen LogP contribution is 2.57. The van der Waals surface area contributed by atoms with Crippen molar-refractivity contribution in [3.8, 4) is 11.5 Å². The van der Waals surface area contributed by atoms with Crippen molar-refractivity contribution >= 4 is 0 Å². The number of hydrogen-bond acceptors (Lipinski definition) is 2. The van der Waals surface area contributed by atoms with Gasteiger partial charge >= 0.3 is 0 Å². The van der Waals surface area contributed by atoms with E-state index in [0.29, 0.717) is 12.4 Å². The zero-order valence-corrected chi connectivity index (χ0v) is 14.7. The number of aromatic hydroxyl groups is 1. The quantitative estimate of drug-likeness (QED) is 0.713. The minimum Gasteiger partial charge on any atom is -0.508 e. The van der Waals surface area contributed by atoms with E-state index in [4.69, 9.17) is 4.74 Å². The van der Waals surface area contributed by atoms with E-state index >= 15 is 0 Å². The number of phenols is 1. The van der Waals surface area contributed by atoms with Crippen LogP contribution in [0.3, 0.4) is 0 Å². The molecule has 0 unspecified atom stereocenters. The summed E-state index contributed by atoms with van der Waals surface area (Å²) in [5.41, 5.74) is 6.17. The lowest BCUT2D eigenvalue weighted by Crippen LogP contribution is -2.22. The molecule has 3 aromatic rings. The molecule has 0 saturated heterocycles. The summed E-state index contributed by atoms with van der Waals surface area (Å²) in [6.45, 7) is 0.570. The van der Waals surface area contributed by atoms with Crippen molar-refractivity contribution in [1.29, 1.82) is 0 Å². The van der Waals surface area contributed by atoms with Gasteiger partial charge in [-0.15, -0.1) is 0 Å². The lowest BCUT2D eigenvalue weighted by atomic mass is 9.76. The maximum Gasteiger partial charge on any atom is 0.124 e. The molecule has 0 radical (unpaired) electrons. The molecule has 0 aromatic heterocycles. The summed E-state index contributed by atoms with van der Waals surface area (Å²) in [5, 5.41) is 10.6. The monoisotopic (exact) mass is 342 g/mol. The number of fused-ring (bicyclic) bond motifs is 4. The summed E-state index contributed by atoms with van der Waals surface area (Å²) >= 11 is 0. The van der Waals surface area contributed by atoms with Gasteiger partial charge in [0.15, 0.2) is 0 Å². The predicted octanol–water partition coefficient (Wildman–Crippen LogP) is 5.15. The standard InChI is InChI=1S/C24H22O2/c25-20-10-4-8-18-12-14-24(22(18)20)15-13-19-9-5-11-21(23(19)24)26-16-17-6-2-1-3-7-17/h1-11,25H,12-16H2/t24-/m1/s1. The first-order valence-electron chi connectivity index (χ1n) is 9.38. The second-order valence-corrected chi connectivity index (χ2v) is 7.46. The van der Waals surface area contributed by atoms with Gasteiger partial charge in [0, 0.05) is 16.5 Å². The average Bonchev–Trinajstić information content (AvgIpc) is 3.25. The van der Waals surface area contributed by atoms with Gasteiger partial charge in [0.1, 0.15) is 18.1 Å². The number of ether oxygens (including phenoxy) is 1. The zero-order valence-electron chi connectivity index (χ0n) is 14.7. The Morgan fingerprint density at radius 1 is 0.769 bits per heavy atom. The molecule has 1 N–H and O–H groups in total. The van der Waals surface area contributed by atoms with Crippen molar-refractivity contribution in [2.75, 3.05) is 0 Å². The van der Waals surface area contributed by atoms with E-state index in [-0.39, 0.29) is 5.41 Å². The first kappa shape index (κ1) is 15.5. The van der Waals surface area contributed by atoms with Gasteiger partial charge in [0.05, 0.1) is 0 Å². The molecular formula is C24H22O2. The highest BCUT2D eigenvalue weighted by Gasteiger charge is 2.48. The Morgan fingerprint density at radius 3 is 2.23 bits per heavy atom. The molecule has 5 rings (SSSR count). The van der Waals surface area contributed by atoms with Crippen molar-refractivity contribution in [2.45, 2.75) is 37.7 Å². The summed E-state index contributed by atoms with van der Waals surface area (Å²) in [5.74, 6) is 1.41. The van der Waals surface area contributed by atoms with Crippen molar-refractivity contribution in [1.82, 2.24) is 0 Å². The van der Waals surface area contributed by atoms with Crippen molar-refractivity contribution in [3.63, 3.8) is 0 Å². The molecule has 0 fully saturated rings. The van der Waals surface area contributed by atoms with Gasteiger partial charge < -0.3 is 9.84 Å². The van der Waals surface area contributed by atoms with E-state index in [1.807, 2.05) is 30.3 Å². The molecular weight excluding hydrogens is 320 g/mol. The zero-order chi connectivity index (χ0) is 17.6. The third-order valence-corrected chi connectivity index (χ3v) is 6.08. The van der Waals surface area contributed by atoms with Crippen LogP contribution in [-0.4, -0.2) is 5.11 Å². The fourth-order valence-electron chi connectivity index (χ4n) is 4.98. The van der Waals surface area contributed by atoms with Crippen molar-refractivity contribution in [2.24, 2.45) is 0 Å². The Hall–Kier alpha value is -2.74. The minimum atomic E-state index is -0.0940. The Labute approximate surface area is 154 Å². The van der Waals surface area contributed by atoms with Crippen LogP contribution in [0, 0.1) is 0 Å². The average molecular weight is 342 g/mol. The molecule has 26 heavy (non-hydrogen) atoms. The van der Waals surface area contributed by atoms with Crippen LogP contribution >= 0.6 is 0 Å². The largest absolute Gasteiger partial charge is 0.508 e. The normalized spacial score (nSPS) is 20.2. The minimum absolute atomic E-state index is 0.0940. The van der Waals surface area contributed by atoms with E-state index in [1.54, 1.807) is 0 Å².